The second-order valence-electron chi connectivity index (χ2n) is 6.98. The van der Waals surface area contributed by atoms with E-state index in [1.807, 2.05) is 20.8 Å². The van der Waals surface area contributed by atoms with Crippen LogP contribution in [0.3, 0.4) is 0 Å². The van der Waals surface area contributed by atoms with Crippen LogP contribution in [0.2, 0.25) is 0 Å². The third-order valence-corrected chi connectivity index (χ3v) is 7.90. The molecule has 0 spiro atoms. The number of hydrogen-bond donors (Lipinski definition) is 0. The number of Topliss-reactive ketones (excluding diaryl/α,β-unsaturated/α-hetero) is 1. The molecule has 2 fully saturated rings. The molecule has 2 unspecified atom stereocenters. The summed E-state index contributed by atoms with van der Waals surface area (Å²) in [6, 6.07) is 7.82. The Morgan fingerprint density at radius 3 is 2.26 bits per heavy atom. The molecular weight excluding hydrogens is 336 g/mol. The van der Waals surface area contributed by atoms with E-state index < -0.39 is 25.8 Å². The van der Waals surface area contributed by atoms with Gasteiger partial charge in [-0.15, -0.1) is 11.6 Å². The van der Waals surface area contributed by atoms with Crippen LogP contribution in [0.25, 0.3) is 0 Å². The van der Waals surface area contributed by atoms with Crippen molar-refractivity contribution >= 4 is 27.5 Å². The van der Waals surface area contributed by atoms with E-state index in [-0.39, 0.29) is 16.3 Å². The van der Waals surface area contributed by atoms with Gasteiger partial charge in [0.05, 0.1) is 10.4 Å². The molecule has 0 aromatic heterocycles. The maximum Gasteiger partial charge on any atom is 0.338 e. The molecule has 1 aromatic rings. The van der Waals surface area contributed by atoms with E-state index in [9.17, 15) is 13.2 Å². The number of carbonyl (C=O) groups is 1. The molecule has 23 heavy (non-hydrogen) atoms. The van der Waals surface area contributed by atoms with Crippen LogP contribution in [0.1, 0.15) is 33.6 Å². The summed E-state index contributed by atoms with van der Waals surface area (Å²) >= 11 is 6.75. The molecule has 3 rings (SSSR count). The predicted molar refractivity (Wildman–Crippen MR) is 87.5 cm³/mol. The Labute approximate surface area is 141 Å². The second kappa shape index (κ2) is 4.84. The fourth-order valence-electron chi connectivity index (χ4n) is 3.73. The maximum atomic E-state index is 12.7. The van der Waals surface area contributed by atoms with Gasteiger partial charge in [-0.1, -0.05) is 39.0 Å². The smallest absolute Gasteiger partial charge is 0.338 e. The SMILES string of the molecule is CC12CCC(Cl)(C(=COS(=O)(=O)c3ccccc3)C1=O)C2(C)C. The highest BCUT2D eigenvalue weighted by Gasteiger charge is 2.72. The van der Waals surface area contributed by atoms with Gasteiger partial charge in [0, 0.05) is 10.8 Å². The van der Waals surface area contributed by atoms with Crippen molar-refractivity contribution in [1.29, 1.82) is 0 Å². The zero-order valence-corrected chi connectivity index (χ0v) is 14.9. The van der Waals surface area contributed by atoms with Gasteiger partial charge in [0.1, 0.15) is 11.2 Å². The van der Waals surface area contributed by atoms with Gasteiger partial charge in [0.2, 0.25) is 0 Å². The van der Waals surface area contributed by atoms with Gasteiger partial charge in [-0.25, -0.2) is 0 Å². The quantitative estimate of drug-likeness (QED) is 0.359. The lowest BCUT2D eigenvalue weighted by molar-refractivity contribution is -0.125. The van der Waals surface area contributed by atoms with Crippen LogP contribution in [-0.2, 0) is 19.1 Å². The highest BCUT2D eigenvalue weighted by molar-refractivity contribution is 7.86. The molecule has 1 aromatic carbocycles. The lowest BCUT2D eigenvalue weighted by Crippen LogP contribution is -2.36. The third-order valence-electron chi connectivity index (χ3n) is 5.84. The molecule has 0 heterocycles. The zero-order valence-electron chi connectivity index (χ0n) is 13.3. The van der Waals surface area contributed by atoms with E-state index in [1.54, 1.807) is 18.2 Å². The van der Waals surface area contributed by atoms with Gasteiger partial charge in [0.25, 0.3) is 0 Å². The van der Waals surface area contributed by atoms with Crippen molar-refractivity contribution < 1.29 is 17.4 Å². The number of halogens is 1. The van der Waals surface area contributed by atoms with E-state index in [0.717, 1.165) is 6.26 Å². The molecule has 124 valence electrons. The van der Waals surface area contributed by atoms with E-state index >= 15 is 0 Å². The van der Waals surface area contributed by atoms with Crippen LogP contribution < -0.4 is 0 Å². The molecule has 4 nitrogen and oxygen atoms in total. The Morgan fingerprint density at radius 1 is 1.13 bits per heavy atom. The van der Waals surface area contributed by atoms with E-state index in [4.69, 9.17) is 15.8 Å². The van der Waals surface area contributed by atoms with Crippen molar-refractivity contribution in [2.75, 3.05) is 0 Å². The summed E-state index contributed by atoms with van der Waals surface area (Å²) in [6.45, 7) is 5.81. The van der Waals surface area contributed by atoms with Crippen molar-refractivity contribution in [3.05, 3.63) is 42.2 Å². The molecule has 2 aliphatic carbocycles. The number of carbonyl (C=O) groups excluding carboxylic acids is 1. The second-order valence-corrected chi connectivity index (χ2v) is 9.20. The lowest BCUT2D eigenvalue weighted by Gasteiger charge is -2.35. The predicted octanol–water partition coefficient (Wildman–Crippen LogP) is 3.66. The largest absolute Gasteiger partial charge is 0.386 e. The van der Waals surface area contributed by atoms with Gasteiger partial charge >= 0.3 is 10.1 Å². The van der Waals surface area contributed by atoms with Crippen molar-refractivity contribution in [1.82, 2.24) is 0 Å². The van der Waals surface area contributed by atoms with Crippen LogP contribution in [0.15, 0.2) is 47.1 Å². The molecule has 0 aliphatic heterocycles. The highest BCUT2D eigenvalue weighted by atomic mass is 35.5. The highest BCUT2D eigenvalue weighted by Crippen LogP contribution is 2.70. The minimum atomic E-state index is -3.96. The lowest BCUT2D eigenvalue weighted by atomic mass is 9.70. The number of fused-ring (bicyclic) bond motifs is 2. The van der Waals surface area contributed by atoms with Gasteiger partial charge in [-0.2, -0.15) is 8.42 Å². The zero-order chi connectivity index (χ0) is 17.1. The molecule has 0 N–H and O–H groups in total. The molecule has 2 aliphatic rings. The molecule has 0 saturated heterocycles. The molecule has 0 radical (unpaired) electrons. The third kappa shape index (κ3) is 2.02. The first-order valence-electron chi connectivity index (χ1n) is 7.49. The van der Waals surface area contributed by atoms with Crippen LogP contribution in [0.5, 0.6) is 0 Å². The molecule has 2 atom stereocenters. The van der Waals surface area contributed by atoms with Gasteiger partial charge in [-0.3, -0.25) is 4.79 Å². The Kier molecular flexibility index (Phi) is 3.47. The fourth-order valence-corrected chi connectivity index (χ4v) is 4.99. The van der Waals surface area contributed by atoms with Crippen LogP contribution in [0, 0.1) is 10.8 Å². The topological polar surface area (TPSA) is 60.4 Å². The number of ketones is 1. The normalized spacial score (nSPS) is 34.1. The molecule has 6 heteroatoms. The Balaban J connectivity index is 1.98. The first kappa shape index (κ1) is 16.5. The van der Waals surface area contributed by atoms with Gasteiger partial charge in [0.15, 0.2) is 5.78 Å². The minimum absolute atomic E-state index is 0.0431. The molecule has 2 saturated carbocycles. The first-order chi connectivity index (χ1) is 10.6. The number of hydrogen-bond acceptors (Lipinski definition) is 4. The minimum Gasteiger partial charge on any atom is -0.386 e. The first-order valence-corrected chi connectivity index (χ1v) is 9.28. The summed E-state index contributed by atoms with van der Waals surface area (Å²) in [5, 5.41) is 0. The fraction of sp³-hybridized carbons (Fsp3) is 0.471. The van der Waals surface area contributed by atoms with Crippen molar-refractivity contribution in [2.24, 2.45) is 10.8 Å². The Morgan fingerprint density at radius 2 is 1.74 bits per heavy atom. The van der Waals surface area contributed by atoms with Crippen molar-refractivity contribution in [2.45, 2.75) is 43.4 Å². The van der Waals surface area contributed by atoms with Crippen molar-refractivity contribution in [3.63, 3.8) is 0 Å². The summed E-state index contributed by atoms with van der Waals surface area (Å²) in [5.74, 6) is -0.119. The summed E-state index contributed by atoms with van der Waals surface area (Å²) in [5.41, 5.74) is -0.775. The van der Waals surface area contributed by atoms with Crippen LogP contribution >= 0.6 is 11.6 Å². The number of alkyl halides is 1. The Hall–Kier alpha value is -1.33. The summed E-state index contributed by atoms with van der Waals surface area (Å²) < 4.78 is 29.5. The summed E-state index contributed by atoms with van der Waals surface area (Å²) in [4.78, 5) is 11.9. The van der Waals surface area contributed by atoms with Crippen LogP contribution in [-0.4, -0.2) is 19.1 Å². The van der Waals surface area contributed by atoms with Gasteiger partial charge < -0.3 is 4.18 Å². The van der Waals surface area contributed by atoms with Crippen molar-refractivity contribution in [3.8, 4) is 0 Å². The summed E-state index contributed by atoms with van der Waals surface area (Å²) in [7, 11) is -3.96. The number of benzene rings is 1. The number of rotatable bonds is 3. The van der Waals surface area contributed by atoms with E-state index in [1.165, 1.54) is 12.1 Å². The van der Waals surface area contributed by atoms with E-state index in [0.29, 0.717) is 12.8 Å². The average molecular weight is 355 g/mol. The van der Waals surface area contributed by atoms with Crippen LogP contribution in [0.4, 0.5) is 0 Å². The molecular formula is C17H19ClO4S. The van der Waals surface area contributed by atoms with E-state index in [2.05, 4.69) is 0 Å². The standard InChI is InChI=1S/C17H19ClO4S/c1-15(2)16(3)9-10-17(15,18)13(14(16)19)11-22-23(20,21)12-7-5-4-6-8-12/h4-8,11H,9-10H2,1-3H3. The summed E-state index contributed by atoms with van der Waals surface area (Å²) in [6.07, 6.45) is 2.37. The Bertz CT molecular complexity index is 797. The molecule has 2 bridgehead atoms. The average Bonchev–Trinajstić information content (AvgIpc) is 2.75. The number of allylic oxidation sites excluding steroid dienone is 1. The molecule has 0 amide bonds. The monoisotopic (exact) mass is 354 g/mol. The maximum absolute atomic E-state index is 12.7. The van der Waals surface area contributed by atoms with Gasteiger partial charge in [-0.05, 0) is 25.0 Å².